The lowest BCUT2D eigenvalue weighted by molar-refractivity contribution is -0.151. The normalized spacial score (nSPS) is 13.5. The average Bonchev–Trinajstić information content (AvgIpc) is 2.52. The molecule has 0 saturated carbocycles. The molecule has 0 N–H and O–H groups in total. The molecule has 2 unspecified atom stereocenters. The molecule has 2 atom stereocenters. The number of rotatable bonds is 13. The molecular weight excluding hydrogens is 288 g/mol. The third kappa shape index (κ3) is 12.6. The molecule has 6 nitrogen and oxygen atoms in total. The first-order valence-corrected chi connectivity index (χ1v) is 7.78. The fourth-order valence-electron chi connectivity index (χ4n) is 1.62. The van der Waals surface area contributed by atoms with Gasteiger partial charge in [0.1, 0.15) is 0 Å². The van der Waals surface area contributed by atoms with Crippen molar-refractivity contribution in [1.29, 1.82) is 0 Å². The zero-order valence-electron chi connectivity index (χ0n) is 14.3. The van der Waals surface area contributed by atoms with Gasteiger partial charge in [0.05, 0.1) is 26.1 Å². The summed E-state index contributed by atoms with van der Waals surface area (Å²) in [7, 11) is 3.28. The van der Waals surface area contributed by atoms with Crippen LogP contribution in [0, 0.1) is 11.8 Å². The molecular formula is C16H30O6. The van der Waals surface area contributed by atoms with E-state index in [1.165, 1.54) is 0 Å². The van der Waals surface area contributed by atoms with E-state index in [2.05, 4.69) is 0 Å². The van der Waals surface area contributed by atoms with Gasteiger partial charge in [0.25, 0.3) is 0 Å². The van der Waals surface area contributed by atoms with E-state index in [1.807, 2.05) is 13.8 Å². The molecule has 0 amide bonds. The Labute approximate surface area is 133 Å². The lowest BCUT2D eigenvalue weighted by Crippen LogP contribution is -2.16. The number of carbonyl (C=O) groups excluding carboxylic acids is 2. The number of hydrogen-bond acceptors (Lipinski definition) is 6. The van der Waals surface area contributed by atoms with Crippen LogP contribution >= 0.6 is 0 Å². The third-order valence-corrected chi connectivity index (χ3v) is 3.22. The number of carbonyl (C=O) groups is 2. The Morgan fingerprint density at radius 3 is 1.45 bits per heavy atom. The number of esters is 2. The molecule has 0 fully saturated rings. The van der Waals surface area contributed by atoms with Crippen molar-refractivity contribution in [3.05, 3.63) is 0 Å². The monoisotopic (exact) mass is 318 g/mol. The number of methoxy groups -OCH3 is 2. The van der Waals surface area contributed by atoms with Gasteiger partial charge in [-0.2, -0.15) is 0 Å². The molecule has 0 aliphatic rings. The Balaban J connectivity index is 3.66. The van der Waals surface area contributed by atoms with Crippen molar-refractivity contribution in [3.63, 3.8) is 0 Å². The van der Waals surface area contributed by atoms with Gasteiger partial charge in [0, 0.05) is 27.4 Å². The van der Waals surface area contributed by atoms with Crippen LogP contribution in [0.15, 0.2) is 0 Å². The first-order chi connectivity index (χ1) is 10.5. The Kier molecular flexibility index (Phi) is 12.8. The third-order valence-electron chi connectivity index (χ3n) is 3.22. The smallest absolute Gasteiger partial charge is 0.306 e. The van der Waals surface area contributed by atoms with Crippen LogP contribution in [-0.2, 0) is 28.5 Å². The summed E-state index contributed by atoms with van der Waals surface area (Å²) in [5.74, 6) is -0.239. The highest BCUT2D eigenvalue weighted by Gasteiger charge is 2.12. The summed E-state index contributed by atoms with van der Waals surface area (Å²) in [5, 5.41) is 0. The molecule has 0 rings (SSSR count). The molecule has 0 bridgehead atoms. The maximum atomic E-state index is 11.5. The topological polar surface area (TPSA) is 71.1 Å². The van der Waals surface area contributed by atoms with E-state index in [9.17, 15) is 9.59 Å². The van der Waals surface area contributed by atoms with Gasteiger partial charge in [-0.1, -0.05) is 13.8 Å². The van der Waals surface area contributed by atoms with Gasteiger partial charge in [-0.25, -0.2) is 0 Å². The van der Waals surface area contributed by atoms with Crippen molar-refractivity contribution in [1.82, 2.24) is 0 Å². The van der Waals surface area contributed by atoms with E-state index >= 15 is 0 Å². The number of ether oxygens (including phenoxy) is 4. The second kappa shape index (κ2) is 13.5. The molecule has 0 spiro atoms. The molecule has 0 aromatic heterocycles. The molecule has 130 valence electrons. The molecule has 22 heavy (non-hydrogen) atoms. The van der Waals surface area contributed by atoms with Gasteiger partial charge >= 0.3 is 11.9 Å². The molecule has 0 heterocycles. The lowest BCUT2D eigenvalue weighted by Gasteiger charge is -2.12. The molecule has 0 aromatic rings. The van der Waals surface area contributed by atoms with Crippen molar-refractivity contribution < 1.29 is 28.5 Å². The van der Waals surface area contributed by atoms with Crippen molar-refractivity contribution >= 4 is 11.9 Å². The predicted octanol–water partition coefficient (Wildman–Crippen LogP) is 2.20. The second-order valence-corrected chi connectivity index (χ2v) is 5.64. The minimum absolute atomic E-state index is 0.0578. The maximum Gasteiger partial charge on any atom is 0.306 e. The van der Waals surface area contributed by atoms with E-state index in [0.717, 1.165) is 12.8 Å². The summed E-state index contributed by atoms with van der Waals surface area (Å²) in [6, 6.07) is 0. The van der Waals surface area contributed by atoms with Gasteiger partial charge in [-0.3, -0.25) is 9.59 Å². The molecule has 0 aliphatic carbocycles. The molecule has 0 radical (unpaired) electrons. The summed E-state index contributed by atoms with van der Waals surface area (Å²) in [4.78, 5) is 23.1. The van der Waals surface area contributed by atoms with Crippen molar-refractivity contribution in [2.45, 2.75) is 39.5 Å². The molecule has 0 aliphatic heterocycles. The van der Waals surface area contributed by atoms with E-state index < -0.39 is 0 Å². The minimum atomic E-state index is -0.367. The van der Waals surface area contributed by atoms with Gasteiger partial charge in [0.2, 0.25) is 0 Å². The van der Waals surface area contributed by atoms with Crippen molar-refractivity contribution in [3.8, 4) is 0 Å². The molecule has 0 aromatic carbocycles. The quantitative estimate of drug-likeness (QED) is 0.485. The summed E-state index contributed by atoms with van der Waals surface area (Å²) >= 11 is 0. The Morgan fingerprint density at radius 2 is 1.14 bits per heavy atom. The average molecular weight is 318 g/mol. The van der Waals surface area contributed by atoms with Crippen LogP contribution in [-0.4, -0.2) is 52.6 Å². The Hall–Kier alpha value is -1.14. The predicted molar refractivity (Wildman–Crippen MR) is 82.5 cm³/mol. The van der Waals surface area contributed by atoms with Crippen LogP contribution in [0.1, 0.15) is 39.5 Å². The van der Waals surface area contributed by atoms with Crippen LogP contribution in [0.2, 0.25) is 0 Å². The summed E-state index contributed by atoms with van der Waals surface area (Å²) in [5.41, 5.74) is 0. The maximum absolute atomic E-state index is 11.5. The van der Waals surface area contributed by atoms with Crippen molar-refractivity contribution in [2.24, 2.45) is 11.8 Å². The van der Waals surface area contributed by atoms with Crippen LogP contribution in [0.4, 0.5) is 0 Å². The highest BCUT2D eigenvalue weighted by molar-refractivity contribution is 5.77. The van der Waals surface area contributed by atoms with Crippen LogP contribution in [0.3, 0.4) is 0 Å². The minimum Gasteiger partial charge on any atom is -0.465 e. The van der Waals surface area contributed by atoms with E-state index in [4.69, 9.17) is 18.9 Å². The van der Waals surface area contributed by atoms with E-state index in [-0.39, 0.29) is 36.6 Å². The van der Waals surface area contributed by atoms with Gasteiger partial charge < -0.3 is 18.9 Å². The fourth-order valence-corrected chi connectivity index (χ4v) is 1.62. The SMILES string of the molecule is COCCC(C)COC(=O)CCC(=O)OCC(C)CCOC. The highest BCUT2D eigenvalue weighted by Crippen LogP contribution is 2.06. The molecule has 0 saturated heterocycles. The van der Waals surface area contributed by atoms with Gasteiger partial charge in [-0.05, 0) is 24.7 Å². The van der Waals surface area contributed by atoms with Crippen molar-refractivity contribution in [2.75, 3.05) is 40.6 Å². The fraction of sp³-hybridized carbons (Fsp3) is 0.875. The second-order valence-electron chi connectivity index (χ2n) is 5.64. The zero-order chi connectivity index (χ0) is 16.8. The van der Waals surface area contributed by atoms with Gasteiger partial charge in [0.15, 0.2) is 0 Å². The van der Waals surface area contributed by atoms with Crippen LogP contribution in [0.5, 0.6) is 0 Å². The van der Waals surface area contributed by atoms with Gasteiger partial charge in [-0.15, -0.1) is 0 Å². The van der Waals surface area contributed by atoms with E-state index in [0.29, 0.717) is 26.4 Å². The first-order valence-electron chi connectivity index (χ1n) is 7.78. The summed E-state index contributed by atoms with van der Waals surface area (Å²) in [6.07, 6.45) is 1.79. The highest BCUT2D eigenvalue weighted by atomic mass is 16.5. The lowest BCUT2D eigenvalue weighted by atomic mass is 10.1. The Bertz CT molecular complexity index is 275. The largest absolute Gasteiger partial charge is 0.465 e. The standard InChI is InChI=1S/C16H30O6/c1-13(7-9-19-3)11-21-15(17)5-6-16(18)22-12-14(2)8-10-20-4/h13-14H,5-12H2,1-4H3. The number of hydrogen-bond donors (Lipinski definition) is 0. The molecule has 6 heteroatoms. The zero-order valence-corrected chi connectivity index (χ0v) is 14.3. The van der Waals surface area contributed by atoms with Crippen LogP contribution in [0.25, 0.3) is 0 Å². The summed E-state index contributed by atoms with van der Waals surface area (Å²) < 4.78 is 20.1. The first kappa shape index (κ1) is 20.9. The Morgan fingerprint density at radius 1 is 0.773 bits per heavy atom. The summed E-state index contributed by atoms with van der Waals surface area (Å²) in [6.45, 7) is 5.97. The van der Waals surface area contributed by atoms with Crippen LogP contribution < -0.4 is 0 Å². The van der Waals surface area contributed by atoms with E-state index in [1.54, 1.807) is 14.2 Å².